The fourth-order valence-corrected chi connectivity index (χ4v) is 2.51. The van der Waals surface area contributed by atoms with E-state index in [9.17, 15) is 9.18 Å². The zero-order valence-corrected chi connectivity index (χ0v) is 12.1. The van der Waals surface area contributed by atoms with Crippen molar-refractivity contribution in [2.75, 3.05) is 6.61 Å². The van der Waals surface area contributed by atoms with Crippen LogP contribution in [0, 0.1) is 5.82 Å². The highest BCUT2D eigenvalue weighted by molar-refractivity contribution is 9.10. The van der Waals surface area contributed by atoms with Crippen LogP contribution in [0.5, 0.6) is 5.75 Å². The van der Waals surface area contributed by atoms with E-state index in [1.54, 1.807) is 25.4 Å². The summed E-state index contributed by atoms with van der Waals surface area (Å²) < 4.78 is 20.7. The molecule has 0 saturated heterocycles. The summed E-state index contributed by atoms with van der Waals surface area (Å²) in [6.07, 6.45) is 1.56. The minimum absolute atomic E-state index is 0.244. The van der Waals surface area contributed by atoms with Crippen molar-refractivity contribution in [3.63, 3.8) is 0 Å². The third-order valence-electron chi connectivity index (χ3n) is 3.19. The predicted octanol–water partition coefficient (Wildman–Crippen LogP) is 2.19. The Morgan fingerprint density at radius 3 is 3.10 bits per heavy atom. The Balaban J connectivity index is 1.84. The van der Waals surface area contributed by atoms with Crippen molar-refractivity contribution < 1.29 is 13.9 Å². The summed E-state index contributed by atoms with van der Waals surface area (Å²) >= 11 is 3.14. The average Bonchev–Trinajstić information content (AvgIpc) is 2.98. The molecule has 1 amide bonds. The summed E-state index contributed by atoms with van der Waals surface area (Å²) in [6.45, 7) is 0.287. The van der Waals surface area contributed by atoms with Crippen LogP contribution in [0.1, 0.15) is 22.1 Å². The van der Waals surface area contributed by atoms with Gasteiger partial charge in [0.1, 0.15) is 23.9 Å². The molecule has 1 aliphatic rings. The van der Waals surface area contributed by atoms with Gasteiger partial charge in [0.15, 0.2) is 0 Å². The van der Waals surface area contributed by atoms with E-state index in [4.69, 9.17) is 4.74 Å². The molecule has 1 aromatic heterocycles. The van der Waals surface area contributed by atoms with Crippen LogP contribution in [-0.2, 0) is 7.05 Å². The van der Waals surface area contributed by atoms with Crippen LogP contribution in [0.3, 0.4) is 0 Å². The number of nitrogens with one attached hydrogen (secondary N) is 1. The van der Waals surface area contributed by atoms with Crippen LogP contribution in [0.2, 0.25) is 0 Å². The Morgan fingerprint density at radius 1 is 1.60 bits per heavy atom. The molecule has 104 valence electrons. The number of aryl methyl sites for hydroxylation is 1. The van der Waals surface area contributed by atoms with Gasteiger partial charge in [0.25, 0.3) is 5.91 Å². The van der Waals surface area contributed by atoms with Gasteiger partial charge in [0, 0.05) is 24.9 Å². The van der Waals surface area contributed by atoms with E-state index in [0.717, 1.165) is 5.56 Å². The van der Waals surface area contributed by atoms with E-state index < -0.39 is 0 Å². The van der Waals surface area contributed by atoms with Crippen molar-refractivity contribution in [3.8, 4) is 5.75 Å². The smallest absolute Gasteiger partial charge is 0.270 e. The first kappa shape index (κ1) is 13.1. The second-order valence-corrected chi connectivity index (χ2v) is 5.34. The lowest BCUT2D eigenvalue weighted by Crippen LogP contribution is -2.30. The average molecular weight is 340 g/mol. The molecule has 20 heavy (non-hydrogen) atoms. The van der Waals surface area contributed by atoms with Crippen molar-refractivity contribution in [1.82, 2.24) is 15.1 Å². The van der Waals surface area contributed by atoms with Gasteiger partial charge >= 0.3 is 0 Å². The van der Waals surface area contributed by atoms with Gasteiger partial charge in [-0.15, -0.1) is 0 Å². The highest BCUT2D eigenvalue weighted by Gasteiger charge is 2.28. The van der Waals surface area contributed by atoms with E-state index in [1.807, 2.05) is 0 Å². The number of halogens is 2. The SMILES string of the molecule is Cn1nccc1C(=O)N[C@H]1COc2cc(F)c(Br)cc21. The molecule has 0 radical (unpaired) electrons. The van der Waals surface area contributed by atoms with E-state index in [0.29, 0.717) is 15.9 Å². The van der Waals surface area contributed by atoms with Gasteiger partial charge in [-0.25, -0.2) is 4.39 Å². The van der Waals surface area contributed by atoms with Crippen LogP contribution in [0.25, 0.3) is 0 Å². The summed E-state index contributed by atoms with van der Waals surface area (Å²) in [5.74, 6) is -0.171. The Kier molecular flexibility index (Phi) is 3.21. The number of benzene rings is 1. The zero-order chi connectivity index (χ0) is 14.3. The lowest BCUT2D eigenvalue weighted by molar-refractivity contribution is 0.0920. The van der Waals surface area contributed by atoms with Crippen molar-refractivity contribution in [1.29, 1.82) is 0 Å². The van der Waals surface area contributed by atoms with Crippen molar-refractivity contribution in [3.05, 3.63) is 45.9 Å². The van der Waals surface area contributed by atoms with Gasteiger partial charge < -0.3 is 10.1 Å². The molecule has 0 aliphatic carbocycles. The molecule has 0 spiro atoms. The molecule has 0 unspecified atom stereocenters. The predicted molar refractivity (Wildman–Crippen MR) is 73.0 cm³/mol. The number of carbonyl (C=O) groups excluding carboxylic acids is 1. The molecule has 0 bridgehead atoms. The lowest BCUT2D eigenvalue weighted by atomic mass is 10.1. The van der Waals surface area contributed by atoms with E-state index in [-0.39, 0.29) is 24.4 Å². The molecule has 5 nitrogen and oxygen atoms in total. The molecule has 1 aliphatic heterocycles. The molecule has 3 rings (SSSR count). The minimum Gasteiger partial charge on any atom is -0.491 e. The van der Waals surface area contributed by atoms with Gasteiger partial charge in [0.2, 0.25) is 0 Å². The second-order valence-electron chi connectivity index (χ2n) is 4.48. The fourth-order valence-electron chi connectivity index (χ4n) is 2.15. The first-order valence-corrected chi connectivity index (χ1v) is 6.76. The van der Waals surface area contributed by atoms with Crippen molar-refractivity contribution >= 4 is 21.8 Å². The zero-order valence-electron chi connectivity index (χ0n) is 10.6. The van der Waals surface area contributed by atoms with E-state index >= 15 is 0 Å². The number of hydrogen-bond donors (Lipinski definition) is 1. The maximum atomic E-state index is 13.4. The summed E-state index contributed by atoms with van der Waals surface area (Å²) in [4.78, 5) is 12.1. The lowest BCUT2D eigenvalue weighted by Gasteiger charge is -2.12. The Hall–Kier alpha value is -1.89. The number of aromatic nitrogens is 2. The summed E-state index contributed by atoms with van der Waals surface area (Å²) in [7, 11) is 1.69. The number of ether oxygens (including phenoxy) is 1. The van der Waals surface area contributed by atoms with Crippen molar-refractivity contribution in [2.24, 2.45) is 7.05 Å². The van der Waals surface area contributed by atoms with Gasteiger partial charge in [-0.05, 0) is 28.1 Å². The number of hydrogen-bond acceptors (Lipinski definition) is 3. The second kappa shape index (κ2) is 4.90. The van der Waals surface area contributed by atoms with Gasteiger partial charge in [-0.1, -0.05) is 0 Å². The quantitative estimate of drug-likeness (QED) is 0.912. The number of nitrogens with zero attached hydrogens (tertiary/aromatic N) is 2. The third kappa shape index (κ3) is 2.18. The number of rotatable bonds is 2. The van der Waals surface area contributed by atoms with E-state index in [2.05, 4.69) is 26.3 Å². The maximum Gasteiger partial charge on any atom is 0.270 e. The van der Waals surface area contributed by atoms with Gasteiger partial charge in [-0.3, -0.25) is 9.48 Å². The normalized spacial score (nSPS) is 16.6. The number of amides is 1. The largest absolute Gasteiger partial charge is 0.491 e. The maximum absolute atomic E-state index is 13.4. The monoisotopic (exact) mass is 339 g/mol. The molecule has 2 aromatic rings. The molecular weight excluding hydrogens is 329 g/mol. The van der Waals surface area contributed by atoms with Gasteiger partial charge in [-0.2, -0.15) is 5.10 Å². The molecular formula is C13H11BrFN3O2. The standard InChI is InChI=1S/C13H11BrFN3O2/c1-18-11(2-3-16-18)13(19)17-10-6-20-12-5-9(15)8(14)4-7(10)12/h2-5,10H,6H2,1H3,(H,17,19)/t10-/m0/s1. The van der Waals surface area contributed by atoms with E-state index in [1.165, 1.54) is 10.7 Å². The highest BCUT2D eigenvalue weighted by atomic mass is 79.9. The molecule has 1 atom stereocenters. The Morgan fingerprint density at radius 2 is 2.40 bits per heavy atom. The van der Waals surface area contributed by atoms with Crippen molar-refractivity contribution in [2.45, 2.75) is 6.04 Å². The molecule has 7 heteroatoms. The molecule has 0 saturated carbocycles. The molecule has 0 fully saturated rings. The molecule has 1 aromatic carbocycles. The topological polar surface area (TPSA) is 56.2 Å². The first-order valence-electron chi connectivity index (χ1n) is 5.97. The third-order valence-corrected chi connectivity index (χ3v) is 3.80. The molecule has 2 heterocycles. The minimum atomic E-state index is -0.387. The van der Waals surface area contributed by atoms with Crippen LogP contribution in [0.4, 0.5) is 4.39 Å². The Bertz CT molecular complexity index is 686. The summed E-state index contributed by atoms with van der Waals surface area (Å²) in [5.41, 5.74) is 1.22. The number of fused-ring (bicyclic) bond motifs is 1. The Labute approximate surface area is 122 Å². The first-order chi connectivity index (χ1) is 9.56. The fraction of sp³-hybridized carbons (Fsp3) is 0.231. The molecule has 1 N–H and O–H groups in total. The van der Waals surface area contributed by atoms with Crippen LogP contribution < -0.4 is 10.1 Å². The van der Waals surface area contributed by atoms with Crippen LogP contribution in [-0.4, -0.2) is 22.3 Å². The number of carbonyl (C=O) groups is 1. The highest BCUT2D eigenvalue weighted by Crippen LogP contribution is 2.36. The van der Waals surface area contributed by atoms with Crippen LogP contribution in [0.15, 0.2) is 28.9 Å². The summed E-state index contributed by atoms with van der Waals surface area (Å²) in [5, 5.41) is 6.81. The summed E-state index contributed by atoms with van der Waals surface area (Å²) in [6, 6.07) is 4.28. The van der Waals surface area contributed by atoms with Gasteiger partial charge in [0.05, 0.1) is 10.5 Å². The van der Waals surface area contributed by atoms with Crippen LogP contribution >= 0.6 is 15.9 Å².